The van der Waals surface area contributed by atoms with Crippen molar-refractivity contribution in [1.82, 2.24) is 10.6 Å². The van der Waals surface area contributed by atoms with Crippen LogP contribution in [0.25, 0.3) is 0 Å². The zero-order chi connectivity index (χ0) is 31.9. The molecule has 0 radical (unpaired) electrons. The highest BCUT2D eigenvalue weighted by Crippen LogP contribution is 2.35. The van der Waals surface area contributed by atoms with Gasteiger partial charge in [-0.15, -0.1) is 0 Å². The Morgan fingerprint density at radius 3 is 2.36 bits per heavy atom. The van der Waals surface area contributed by atoms with Crippen LogP contribution in [-0.2, 0) is 28.9 Å². The maximum absolute atomic E-state index is 13.9. The molecule has 0 saturated heterocycles. The molecule has 3 N–H and O–H groups in total. The number of aryl methyl sites for hydroxylation is 1. The second-order valence-corrected chi connectivity index (χ2v) is 12.0. The van der Waals surface area contributed by atoms with Crippen molar-refractivity contribution in [3.8, 4) is 0 Å². The molecule has 3 aromatic carbocycles. The highest BCUT2D eigenvalue weighted by molar-refractivity contribution is 5.89. The molecule has 2 amide bonds. The van der Waals surface area contributed by atoms with E-state index in [9.17, 15) is 23.5 Å². The minimum atomic E-state index is -1.14. The molecule has 0 bridgehead atoms. The smallest absolute Gasteiger partial charge is 0.414 e. The van der Waals surface area contributed by atoms with E-state index in [0.717, 1.165) is 34.9 Å². The van der Waals surface area contributed by atoms with Crippen LogP contribution < -0.4 is 15.5 Å². The van der Waals surface area contributed by atoms with Crippen LogP contribution in [0.2, 0.25) is 0 Å². The van der Waals surface area contributed by atoms with Crippen LogP contribution in [0.5, 0.6) is 0 Å². The number of carbonyl (C=O) groups is 2. The number of nitrogens with one attached hydrogen (secondary N) is 2. The Morgan fingerprint density at radius 1 is 1.00 bits per heavy atom. The number of ether oxygens (including phenoxy) is 2. The van der Waals surface area contributed by atoms with Crippen molar-refractivity contribution in [3.63, 3.8) is 0 Å². The molecule has 10 heteroatoms. The van der Waals surface area contributed by atoms with E-state index in [1.54, 1.807) is 25.7 Å². The third kappa shape index (κ3) is 9.24. The van der Waals surface area contributed by atoms with Crippen molar-refractivity contribution in [2.75, 3.05) is 18.0 Å². The summed E-state index contributed by atoms with van der Waals surface area (Å²) in [5, 5.41) is 17.3. The summed E-state index contributed by atoms with van der Waals surface area (Å²) in [7, 11) is 0. The van der Waals surface area contributed by atoms with Gasteiger partial charge < -0.3 is 25.2 Å². The molecule has 0 aromatic heterocycles. The molecule has 0 fully saturated rings. The number of aliphatic hydroxyl groups is 1. The summed E-state index contributed by atoms with van der Waals surface area (Å²) in [6, 6.07) is 17.4. The van der Waals surface area contributed by atoms with E-state index in [0.29, 0.717) is 13.0 Å². The Balaban J connectivity index is 1.48. The highest BCUT2D eigenvalue weighted by Gasteiger charge is 2.31. The molecular formula is C34H41F2N3O5. The fourth-order valence-corrected chi connectivity index (χ4v) is 5.21. The van der Waals surface area contributed by atoms with Gasteiger partial charge >= 0.3 is 12.2 Å². The molecule has 1 heterocycles. The van der Waals surface area contributed by atoms with Gasteiger partial charge in [-0.2, -0.15) is 0 Å². The molecule has 4 rings (SSSR count). The lowest BCUT2D eigenvalue weighted by atomic mass is 9.93. The summed E-state index contributed by atoms with van der Waals surface area (Å²) in [6.07, 6.45) is -1.01. The summed E-state index contributed by atoms with van der Waals surface area (Å²) in [5.41, 5.74) is 3.10. The van der Waals surface area contributed by atoms with Crippen LogP contribution in [-0.4, -0.2) is 48.1 Å². The monoisotopic (exact) mass is 609 g/mol. The van der Waals surface area contributed by atoms with Crippen LogP contribution >= 0.6 is 0 Å². The quantitative estimate of drug-likeness (QED) is 0.253. The van der Waals surface area contributed by atoms with Gasteiger partial charge in [0.1, 0.15) is 23.8 Å². The van der Waals surface area contributed by atoms with E-state index in [1.807, 2.05) is 55.5 Å². The topological polar surface area (TPSA) is 100 Å². The first-order chi connectivity index (χ1) is 20.9. The molecule has 236 valence electrons. The van der Waals surface area contributed by atoms with Crippen LogP contribution in [0, 0.1) is 11.6 Å². The number of alkyl carbamates (subject to hydrolysis) is 1. The molecule has 3 atom stereocenters. The second kappa shape index (κ2) is 14.6. The van der Waals surface area contributed by atoms with E-state index in [2.05, 4.69) is 10.6 Å². The molecule has 0 aliphatic carbocycles. The van der Waals surface area contributed by atoms with E-state index in [4.69, 9.17) is 9.47 Å². The first kappa shape index (κ1) is 32.9. The van der Waals surface area contributed by atoms with Gasteiger partial charge in [-0.25, -0.2) is 18.4 Å². The lowest BCUT2D eigenvalue weighted by Gasteiger charge is -2.35. The van der Waals surface area contributed by atoms with E-state index < -0.39 is 41.6 Å². The van der Waals surface area contributed by atoms with Crippen molar-refractivity contribution in [3.05, 3.63) is 101 Å². The fraction of sp³-hybridized carbons (Fsp3) is 0.412. The first-order valence-electron chi connectivity index (χ1n) is 14.9. The van der Waals surface area contributed by atoms with Gasteiger partial charge in [-0.1, -0.05) is 49.4 Å². The van der Waals surface area contributed by atoms with Crippen LogP contribution in [0.4, 0.5) is 24.1 Å². The molecule has 1 aliphatic heterocycles. The standard InChI is InChI=1S/C34H41F2N3O5/c1-5-22-11-12-30-27(17-22)28(13-14-39(30)33(42)43-21-23-9-7-6-8-10-23)37-20-31(40)29(38-32(41)44-34(2,3)4)18-24-15-25(35)19-26(36)16-24/h6-12,15-17,19,28-29,31,37,40H,5,13-14,18,20-21H2,1-4H3,(H,38,41)/t28?,29-,31+/m0/s1. The third-order valence-corrected chi connectivity index (χ3v) is 7.35. The summed E-state index contributed by atoms with van der Waals surface area (Å²) in [5.74, 6) is -1.50. The number of anilines is 1. The number of halogens is 2. The number of carbonyl (C=O) groups excluding carboxylic acids is 2. The molecule has 8 nitrogen and oxygen atoms in total. The average molecular weight is 610 g/mol. The summed E-state index contributed by atoms with van der Waals surface area (Å²) >= 11 is 0. The van der Waals surface area contributed by atoms with Crippen molar-refractivity contribution >= 4 is 17.9 Å². The highest BCUT2D eigenvalue weighted by atomic mass is 19.1. The number of nitrogens with zero attached hydrogens (tertiary/aromatic N) is 1. The lowest BCUT2D eigenvalue weighted by molar-refractivity contribution is 0.0419. The Labute approximate surface area is 257 Å². The van der Waals surface area contributed by atoms with Gasteiger partial charge in [0.2, 0.25) is 0 Å². The van der Waals surface area contributed by atoms with Gasteiger partial charge in [0, 0.05) is 25.2 Å². The summed E-state index contributed by atoms with van der Waals surface area (Å²) in [4.78, 5) is 27.4. The average Bonchev–Trinajstić information content (AvgIpc) is 2.96. The van der Waals surface area contributed by atoms with E-state index >= 15 is 0 Å². The van der Waals surface area contributed by atoms with Crippen LogP contribution in [0.1, 0.15) is 62.4 Å². The Bertz CT molecular complexity index is 1410. The number of hydrogen-bond donors (Lipinski definition) is 3. The van der Waals surface area contributed by atoms with E-state index in [1.165, 1.54) is 12.1 Å². The summed E-state index contributed by atoms with van der Waals surface area (Å²) in [6.45, 7) is 7.80. The van der Waals surface area contributed by atoms with Crippen molar-refractivity contribution < 1.29 is 33.0 Å². The molecule has 1 aliphatic rings. The SMILES string of the molecule is CCc1ccc2c(c1)C(NC[C@@H](O)[C@H](Cc1cc(F)cc(F)c1)NC(=O)OC(C)(C)C)CCN2C(=O)OCc1ccccc1. The van der Waals surface area contributed by atoms with Gasteiger partial charge in [0.15, 0.2) is 0 Å². The molecule has 3 aromatic rings. The van der Waals surface area contributed by atoms with Gasteiger partial charge in [-0.3, -0.25) is 4.90 Å². The van der Waals surface area contributed by atoms with Gasteiger partial charge in [0.05, 0.1) is 17.8 Å². The van der Waals surface area contributed by atoms with E-state index in [-0.39, 0.29) is 31.2 Å². The molecule has 0 saturated carbocycles. The van der Waals surface area contributed by atoms with Crippen LogP contribution in [0.3, 0.4) is 0 Å². The van der Waals surface area contributed by atoms with Crippen molar-refractivity contribution in [2.45, 2.75) is 77.4 Å². The maximum atomic E-state index is 13.9. The molecular weight excluding hydrogens is 568 g/mol. The number of fused-ring (bicyclic) bond motifs is 1. The Kier molecular flexibility index (Phi) is 10.9. The number of benzene rings is 3. The van der Waals surface area contributed by atoms with Crippen molar-refractivity contribution in [1.29, 1.82) is 0 Å². The zero-order valence-electron chi connectivity index (χ0n) is 25.6. The van der Waals surface area contributed by atoms with Gasteiger partial charge in [0.25, 0.3) is 0 Å². The number of rotatable bonds is 10. The predicted molar refractivity (Wildman–Crippen MR) is 164 cm³/mol. The van der Waals surface area contributed by atoms with Gasteiger partial charge in [-0.05, 0) is 80.5 Å². The number of hydrogen-bond acceptors (Lipinski definition) is 6. The van der Waals surface area contributed by atoms with Crippen molar-refractivity contribution in [2.24, 2.45) is 0 Å². The normalized spacial score (nSPS) is 16.1. The Morgan fingerprint density at radius 2 is 1.70 bits per heavy atom. The maximum Gasteiger partial charge on any atom is 0.414 e. The number of amides is 2. The lowest BCUT2D eigenvalue weighted by Crippen LogP contribution is -2.50. The second-order valence-electron chi connectivity index (χ2n) is 12.0. The zero-order valence-corrected chi connectivity index (χ0v) is 25.6. The fourth-order valence-electron chi connectivity index (χ4n) is 5.21. The Hall–Kier alpha value is -4.02. The predicted octanol–water partition coefficient (Wildman–Crippen LogP) is 6.20. The molecule has 1 unspecified atom stereocenters. The first-order valence-corrected chi connectivity index (χ1v) is 14.9. The summed E-state index contributed by atoms with van der Waals surface area (Å²) < 4.78 is 38.8. The van der Waals surface area contributed by atoms with Crippen LogP contribution in [0.15, 0.2) is 66.7 Å². The largest absolute Gasteiger partial charge is 0.444 e. The molecule has 0 spiro atoms. The number of aliphatic hydroxyl groups excluding tert-OH is 1. The molecule has 44 heavy (non-hydrogen) atoms. The minimum Gasteiger partial charge on any atom is -0.444 e. The third-order valence-electron chi connectivity index (χ3n) is 7.35. The minimum absolute atomic E-state index is 0.0287.